The molecular weight excluding hydrogens is 388 g/mol. The first-order valence-corrected chi connectivity index (χ1v) is 10.4. The molecule has 0 radical (unpaired) electrons. The molecule has 150 valence electrons. The zero-order valence-corrected chi connectivity index (χ0v) is 17.0. The first kappa shape index (κ1) is 19.4. The number of nitrogens with zero attached hydrogens (tertiary/aromatic N) is 2. The van der Waals surface area contributed by atoms with Crippen LogP contribution in [-0.4, -0.2) is 42.0 Å². The SMILES string of the molecule is COC(=O)COc1cccc(C(=O)N2CCCCC2c2nc3ccccc3s2)c1. The Morgan fingerprint density at radius 1 is 1.17 bits per heavy atom. The van der Waals surface area contributed by atoms with E-state index < -0.39 is 5.97 Å². The molecule has 1 amide bonds. The van der Waals surface area contributed by atoms with Crippen LogP contribution >= 0.6 is 11.3 Å². The lowest BCUT2D eigenvalue weighted by molar-refractivity contribution is -0.142. The number of amides is 1. The number of ether oxygens (including phenoxy) is 2. The fourth-order valence-corrected chi connectivity index (χ4v) is 4.67. The third-order valence-electron chi connectivity index (χ3n) is 5.02. The van der Waals surface area contributed by atoms with Gasteiger partial charge in [-0.3, -0.25) is 4.79 Å². The molecule has 2 heterocycles. The van der Waals surface area contributed by atoms with Crippen molar-refractivity contribution in [3.63, 3.8) is 0 Å². The number of benzene rings is 2. The number of likely N-dealkylation sites (tertiary alicyclic amines) is 1. The molecule has 4 rings (SSSR count). The number of para-hydroxylation sites is 1. The number of rotatable bonds is 5. The van der Waals surface area contributed by atoms with Crippen LogP contribution in [0.25, 0.3) is 10.2 Å². The molecule has 1 aromatic heterocycles. The summed E-state index contributed by atoms with van der Waals surface area (Å²) >= 11 is 1.66. The van der Waals surface area contributed by atoms with Gasteiger partial charge in [0.1, 0.15) is 10.8 Å². The minimum absolute atomic E-state index is 0.0201. The largest absolute Gasteiger partial charge is 0.482 e. The van der Waals surface area contributed by atoms with Gasteiger partial charge in [-0.15, -0.1) is 11.3 Å². The average Bonchev–Trinajstić information content (AvgIpc) is 3.21. The standard InChI is InChI=1S/C22H22N2O4S/c1-27-20(25)14-28-16-8-6-7-15(13-16)22(26)24-12-5-4-10-18(24)21-23-17-9-2-3-11-19(17)29-21/h2-3,6-9,11,13,18H,4-5,10,12,14H2,1H3. The molecule has 2 aromatic carbocycles. The number of piperidine rings is 1. The highest BCUT2D eigenvalue weighted by molar-refractivity contribution is 7.18. The second kappa shape index (κ2) is 8.61. The van der Waals surface area contributed by atoms with Crippen LogP contribution in [0.1, 0.15) is 40.7 Å². The van der Waals surface area contributed by atoms with E-state index in [0.29, 0.717) is 17.9 Å². The van der Waals surface area contributed by atoms with Gasteiger partial charge in [0.2, 0.25) is 0 Å². The summed E-state index contributed by atoms with van der Waals surface area (Å²) in [6.07, 6.45) is 2.96. The summed E-state index contributed by atoms with van der Waals surface area (Å²) in [6.45, 7) is 0.513. The van der Waals surface area contributed by atoms with E-state index in [0.717, 1.165) is 34.5 Å². The molecule has 1 atom stereocenters. The van der Waals surface area contributed by atoms with E-state index >= 15 is 0 Å². The van der Waals surface area contributed by atoms with Gasteiger partial charge in [-0.1, -0.05) is 18.2 Å². The Kier molecular flexibility index (Phi) is 5.76. The fraction of sp³-hybridized carbons (Fsp3) is 0.318. The molecule has 0 saturated carbocycles. The summed E-state index contributed by atoms with van der Waals surface area (Å²) in [4.78, 5) is 31.3. The van der Waals surface area contributed by atoms with Gasteiger partial charge in [0, 0.05) is 12.1 Å². The van der Waals surface area contributed by atoms with Crippen LogP contribution < -0.4 is 4.74 Å². The number of methoxy groups -OCH3 is 1. The van der Waals surface area contributed by atoms with Crippen molar-refractivity contribution in [1.82, 2.24) is 9.88 Å². The number of hydrogen-bond donors (Lipinski definition) is 0. The van der Waals surface area contributed by atoms with Crippen molar-refractivity contribution in [2.24, 2.45) is 0 Å². The second-order valence-corrected chi connectivity index (χ2v) is 7.98. The highest BCUT2D eigenvalue weighted by Gasteiger charge is 2.31. The predicted molar refractivity (Wildman–Crippen MR) is 111 cm³/mol. The summed E-state index contributed by atoms with van der Waals surface area (Å²) in [5.74, 6) is -0.0408. The number of thiazole rings is 1. The maximum atomic E-state index is 13.3. The van der Waals surface area contributed by atoms with Crippen molar-refractivity contribution >= 4 is 33.4 Å². The van der Waals surface area contributed by atoms with E-state index in [-0.39, 0.29) is 18.6 Å². The van der Waals surface area contributed by atoms with Crippen molar-refractivity contribution in [3.8, 4) is 5.75 Å². The highest BCUT2D eigenvalue weighted by atomic mass is 32.1. The van der Waals surface area contributed by atoms with Crippen molar-refractivity contribution in [3.05, 3.63) is 59.1 Å². The lowest BCUT2D eigenvalue weighted by Crippen LogP contribution is -2.38. The Morgan fingerprint density at radius 2 is 2.03 bits per heavy atom. The topological polar surface area (TPSA) is 68.7 Å². The molecule has 6 nitrogen and oxygen atoms in total. The maximum Gasteiger partial charge on any atom is 0.343 e. The molecule has 0 N–H and O–H groups in total. The smallest absolute Gasteiger partial charge is 0.343 e. The summed E-state index contributed by atoms with van der Waals surface area (Å²) < 4.78 is 11.2. The number of esters is 1. The van der Waals surface area contributed by atoms with Crippen molar-refractivity contribution in [1.29, 1.82) is 0 Å². The van der Waals surface area contributed by atoms with Crippen LogP contribution in [0.2, 0.25) is 0 Å². The van der Waals surface area contributed by atoms with E-state index in [1.807, 2.05) is 23.1 Å². The van der Waals surface area contributed by atoms with Gasteiger partial charge in [0.25, 0.3) is 5.91 Å². The second-order valence-electron chi connectivity index (χ2n) is 6.92. The monoisotopic (exact) mass is 410 g/mol. The molecule has 7 heteroatoms. The number of aromatic nitrogens is 1. The Hall–Kier alpha value is -2.93. The molecule has 1 saturated heterocycles. The first-order chi connectivity index (χ1) is 14.2. The normalized spacial score (nSPS) is 16.6. The molecule has 1 aliphatic heterocycles. The zero-order valence-electron chi connectivity index (χ0n) is 16.2. The third-order valence-corrected chi connectivity index (χ3v) is 6.16. The van der Waals surface area contributed by atoms with Crippen LogP contribution in [0.5, 0.6) is 5.75 Å². The van der Waals surface area contributed by atoms with E-state index in [9.17, 15) is 9.59 Å². The van der Waals surface area contributed by atoms with Crippen molar-refractivity contribution in [2.45, 2.75) is 25.3 Å². The average molecular weight is 410 g/mol. The van der Waals surface area contributed by atoms with Crippen LogP contribution in [0.3, 0.4) is 0 Å². The quantitative estimate of drug-likeness (QED) is 0.589. The molecule has 1 fully saturated rings. The predicted octanol–water partition coefficient (Wildman–Crippen LogP) is 4.22. The summed E-state index contributed by atoms with van der Waals surface area (Å²) in [5.41, 5.74) is 1.52. The van der Waals surface area contributed by atoms with Gasteiger partial charge >= 0.3 is 5.97 Å². The van der Waals surface area contributed by atoms with Gasteiger partial charge < -0.3 is 14.4 Å². The minimum Gasteiger partial charge on any atom is -0.482 e. The lowest BCUT2D eigenvalue weighted by Gasteiger charge is -2.34. The third kappa shape index (κ3) is 4.24. The zero-order chi connectivity index (χ0) is 20.2. The molecular formula is C22H22N2O4S. The number of hydrogen-bond acceptors (Lipinski definition) is 6. The van der Waals surface area contributed by atoms with E-state index in [2.05, 4.69) is 10.8 Å². The number of carbonyl (C=O) groups is 2. The number of carbonyl (C=O) groups excluding carboxylic acids is 2. The Balaban J connectivity index is 1.56. The molecule has 29 heavy (non-hydrogen) atoms. The molecule has 0 bridgehead atoms. The first-order valence-electron chi connectivity index (χ1n) is 9.62. The minimum atomic E-state index is -0.464. The Labute approximate surface area is 173 Å². The summed E-state index contributed by atoms with van der Waals surface area (Å²) in [5, 5.41) is 0.984. The van der Waals surface area contributed by atoms with Crippen LogP contribution in [-0.2, 0) is 9.53 Å². The van der Waals surface area contributed by atoms with Gasteiger partial charge in [-0.2, -0.15) is 0 Å². The molecule has 3 aromatic rings. The van der Waals surface area contributed by atoms with Crippen LogP contribution in [0.15, 0.2) is 48.5 Å². The molecule has 0 aliphatic carbocycles. The van der Waals surface area contributed by atoms with Gasteiger partial charge in [-0.25, -0.2) is 9.78 Å². The van der Waals surface area contributed by atoms with Crippen molar-refractivity contribution < 1.29 is 19.1 Å². The molecule has 1 aliphatic rings. The summed E-state index contributed by atoms with van der Waals surface area (Å²) in [7, 11) is 1.31. The van der Waals surface area contributed by atoms with E-state index in [4.69, 9.17) is 9.72 Å². The van der Waals surface area contributed by atoms with E-state index in [1.54, 1.807) is 35.6 Å². The Morgan fingerprint density at radius 3 is 2.86 bits per heavy atom. The van der Waals surface area contributed by atoms with Crippen LogP contribution in [0.4, 0.5) is 0 Å². The lowest BCUT2D eigenvalue weighted by atomic mass is 10.0. The Bertz CT molecular complexity index is 999. The van der Waals surface area contributed by atoms with E-state index in [1.165, 1.54) is 7.11 Å². The van der Waals surface area contributed by atoms with Gasteiger partial charge in [0.15, 0.2) is 6.61 Å². The highest BCUT2D eigenvalue weighted by Crippen LogP contribution is 2.36. The maximum absolute atomic E-state index is 13.3. The van der Waals surface area contributed by atoms with Gasteiger partial charge in [0.05, 0.1) is 23.4 Å². The fourth-order valence-electron chi connectivity index (χ4n) is 3.55. The molecule has 1 unspecified atom stereocenters. The van der Waals surface area contributed by atoms with Crippen molar-refractivity contribution in [2.75, 3.05) is 20.3 Å². The van der Waals surface area contributed by atoms with Gasteiger partial charge in [-0.05, 0) is 49.6 Å². The van der Waals surface area contributed by atoms with Crippen LogP contribution in [0, 0.1) is 0 Å². The summed E-state index contributed by atoms with van der Waals surface area (Å²) in [6, 6.07) is 15.0. The molecule has 0 spiro atoms. The number of fused-ring (bicyclic) bond motifs is 1.